The summed E-state index contributed by atoms with van der Waals surface area (Å²) in [5.74, 6) is 0.615. The van der Waals surface area contributed by atoms with Gasteiger partial charge in [0.15, 0.2) is 0 Å². The molecule has 3 heteroatoms. The molecule has 0 saturated carbocycles. The molecule has 0 unspecified atom stereocenters. The Morgan fingerprint density at radius 1 is 1.15 bits per heavy atom. The Labute approximate surface area is 120 Å². The number of nitriles is 1. The lowest BCUT2D eigenvalue weighted by molar-refractivity contribution is 0.592. The highest BCUT2D eigenvalue weighted by Gasteiger charge is 2.18. The smallest absolute Gasteiger partial charge is 0.148 e. The number of pyridine rings is 1. The predicted molar refractivity (Wildman–Crippen MR) is 82.1 cm³/mol. The van der Waals surface area contributed by atoms with Crippen LogP contribution in [0.1, 0.15) is 37.5 Å². The Bertz CT molecular complexity index is 661. The Hall–Kier alpha value is -2.34. The van der Waals surface area contributed by atoms with Crippen LogP contribution < -0.4 is 5.32 Å². The van der Waals surface area contributed by atoms with E-state index >= 15 is 0 Å². The summed E-state index contributed by atoms with van der Waals surface area (Å²) in [4.78, 5) is 4.30. The largest absolute Gasteiger partial charge is 0.339 e. The quantitative estimate of drug-likeness (QED) is 0.880. The average molecular weight is 265 g/mol. The molecule has 0 bridgehead atoms. The molecule has 0 spiro atoms. The molecule has 20 heavy (non-hydrogen) atoms. The van der Waals surface area contributed by atoms with E-state index in [0.717, 1.165) is 11.3 Å². The Morgan fingerprint density at radius 3 is 2.50 bits per heavy atom. The maximum Gasteiger partial charge on any atom is 0.148 e. The number of hydrogen-bond acceptors (Lipinski definition) is 3. The SMILES string of the molecule is Cc1ccnc(Nc2ccccc2C(C)(C)C)c1C#N. The summed E-state index contributed by atoms with van der Waals surface area (Å²) in [5, 5.41) is 12.6. The third kappa shape index (κ3) is 2.80. The molecule has 0 fully saturated rings. The first-order valence-electron chi connectivity index (χ1n) is 6.65. The van der Waals surface area contributed by atoms with E-state index in [0.29, 0.717) is 11.4 Å². The van der Waals surface area contributed by atoms with Crippen molar-refractivity contribution in [2.24, 2.45) is 0 Å². The molecule has 1 N–H and O–H groups in total. The molecule has 0 radical (unpaired) electrons. The zero-order chi connectivity index (χ0) is 14.8. The second-order valence-corrected chi connectivity index (χ2v) is 5.88. The van der Waals surface area contributed by atoms with Crippen molar-refractivity contribution in [2.45, 2.75) is 33.1 Å². The maximum absolute atomic E-state index is 9.28. The number of benzene rings is 1. The lowest BCUT2D eigenvalue weighted by atomic mass is 9.86. The van der Waals surface area contributed by atoms with Crippen molar-refractivity contribution in [2.75, 3.05) is 5.32 Å². The van der Waals surface area contributed by atoms with Gasteiger partial charge in [0.25, 0.3) is 0 Å². The molecule has 2 aromatic rings. The van der Waals surface area contributed by atoms with Gasteiger partial charge in [-0.25, -0.2) is 4.98 Å². The van der Waals surface area contributed by atoms with Gasteiger partial charge in [0.1, 0.15) is 11.9 Å². The molecule has 0 aliphatic rings. The van der Waals surface area contributed by atoms with Gasteiger partial charge in [-0.05, 0) is 35.6 Å². The van der Waals surface area contributed by atoms with E-state index in [9.17, 15) is 5.26 Å². The third-order valence-corrected chi connectivity index (χ3v) is 3.26. The number of hydrogen-bond donors (Lipinski definition) is 1. The minimum Gasteiger partial charge on any atom is -0.339 e. The second kappa shape index (κ2) is 5.34. The molecule has 3 nitrogen and oxygen atoms in total. The average Bonchev–Trinajstić information content (AvgIpc) is 2.38. The first kappa shape index (κ1) is 14.1. The summed E-state index contributed by atoms with van der Waals surface area (Å²) >= 11 is 0. The van der Waals surface area contributed by atoms with Crippen molar-refractivity contribution >= 4 is 11.5 Å². The van der Waals surface area contributed by atoms with E-state index in [2.05, 4.69) is 43.2 Å². The van der Waals surface area contributed by atoms with Crippen LogP contribution in [-0.4, -0.2) is 4.98 Å². The fourth-order valence-electron chi connectivity index (χ4n) is 2.17. The normalized spacial score (nSPS) is 10.9. The van der Waals surface area contributed by atoms with Crippen molar-refractivity contribution in [1.82, 2.24) is 4.98 Å². The van der Waals surface area contributed by atoms with Crippen molar-refractivity contribution in [3.8, 4) is 6.07 Å². The number of para-hydroxylation sites is 1. The van der Waals surface area contributed by atoms with Crippen molar-refractivity contribution in [3.63, 3.8) is 0 Å². The van der Waals surface area contributed by atoms with Crippen LogP contribution in [0.2, 0.25) is 0 Å². The first-order chi connectivity index (χ1) is 9.43. The van der Waals surface area contributed by atoms with Crippen LogP contribution in [0.5, 0.6) is 0 Å². The molecular formula is C17H19N3. The number of aromatic nitrogens is 1. The van der Waals surface area contributed by atoms with Crippen LogP contribution >= 0.6 is 0 Å². The summed E-state index contributed by atoms with van der Waals surface area (Å²) < 4.78 is 0. The van der Waals surface area contributed by atoms with Crippen LogP contribution in [-0.2, 0) is 5.41 Å². The zero-order valence-corrected chi connectivity index (χ0v) is 12.4. The Morgan fingerprint density at radius 2 is 1.85 bits per heavy atom. The number of anilines is 2. The van der Waals surface area contributed by atoms with Crippen LogP contribution in [0.4, 0.5) is 11.5 Å². The monoisotopic (exact) mass is 265 g/mol. The van der Waals surface area contributed by atoms with E-state index in [-0.39, 0.29) is 5.41 Å². The minimum atomic E-state index is 0.0280. The van der Waals surface area contributed by atoms with Gasteiger partial charge in [-0.3, -0.25) is 0 Å². The fourth-order valence-corrected chi connectivity index (χ4v) is 2.17. The number of rotatable bonds is 2. The first-order valence-corrected chi connectivity index (χ1v) is 6.65. The standard InChI is InChI=1S/C17H19N3/c1-12-9-10-19-16(13(12)11-18)20-15-8-6-5-7-14(15)17(2,3)4/h5-10H,1-4H3,(H,19,20). The van der Waals surface area contributed by atoms with E-state index in [4.69, 9.17) is 0 Å². The van der Waals surface area contributed by atoms with Gasteiger partial charge < -0.3 is 5.32 Å². The molecule has 0 amide bonds. The highest BCUT2D eigenvalue weighted by Crippen LogP contribution is 2.31. The summed E-state index contributed by atoms with van der Waals surface area (Å²) in [6.07, 6.45) is 1.72. The fraction of sp³-hybridized carbons (Fsp3) is 0.294. The minimum absolute atomic E-state index is 0.0280. The second-order valence-electron chi connectivity index (χ2n) is 5.88. The Kier molecular flexibility index (Phi) is 3.76. The molecule has 1 heterocycles. The lowest BCUT2D eigenvalue weighted by Gasteiger charge is -2.23. The zero-order valence-electron chi connectivity index (χ0n) is 12.4. The molecule has 2 rings (SSSR count). The summed E-state index contributed by atoms with van der Waals surface area (Å²) in [7, 11) is 0. The molecule has 0 aliphatic carbocycles. The van der Waals surface area contributed by atoms with E-state index < -0.39 is 0 Å². The van der Waals surface area contributed by atoms with Crippen molar-refractivity contribution in [1.29, 1.82) is 5.26 Å². The van der Waals surface area contributed by atoms with Crippen molar-refractivity contribution < 1.29 is 0 Å². The molecule has 0 saturated heterocycles. The summed E-state index contributed by atoms with van der Waals surface area (Å²) in [6, 6.07) is 12.2. The van der Waals surface area contributed by atoms with E-state index in [1.807, 2.05) is 31.2 Å². The van der Waals surface area contributed by atoms with Gasteiger partial charge >= 0.3 is 0 Å². The lowest BCUT2D eigenvalue weighted by Crippen LogP contribution is -2.14. The van der Waals surface area contributed by atoms with Crippen LogP contribution in [0, 0.1) is 18.3 Å². The molecular weight excluding hydrogens is 246 g/mol. The van der Waals surface area contributed by atoms with Gasteiger partial charge in [-0.15, -0.1) is 0 Å². The van der Waals surface area contributed by atoms with Gasteiger partial charge in [0.2, 0.25) is 0 Å². The highest BCUT2D eigenvalue weighted by atomic mass is 15.0. The van der Waals surface area contributed by atoms with E-state index in [1.165, 1.54) is 5.56 Å². The Balaban J connectivity index is 2.47. The van der Waals surface area contributed by atoms with Gasteiger partial charge in [-0.2, -0.15) is 5.26 Å². The maximum atomic E-state index is 9.28. The van der Waals surface area contributed by atoms with Crippen LogP contribution in [0.15, 0.2) is 36.5 Å². The summed E-state index contributed by atoms with van der Waals surface area (Å²) in [6.45, 7) is 8.42. The topological polar surface area (TPSA) is 48.7 Å². The molecule has 102 valence electrons. The van der Waals surface area contributed by atoms with Crippen molar-refractivity contribution in [3.05, 3.63) is 53.2 Å². The molecule has 1 aromatic heterocycles. The highest BCUT2D eigenvalue weighted by molar-refractivity contribution is 5.67. The van der Waals surface area contributed by atoms with Gasteiger partial charge in [0, 0.05) is 11.9 Å². The predicted octanol–water partition coefficient (Wildman–Crippen LogP) is 4.30. The van der Waals surface area contributed by atoms with Gasteiger partial charge in [0.05, 0.1) is 5.56 Å². The number of aryl methyl sites for hydroxylation is 1. The van der Waals surface area contributed by atoms with E-state index in [1.54, 1.807) is 6.20 Å². The summed E-state index contributed by atoms with van der Waals surface area (Å²) in [5.41, 5.74) is 3.75. The van der Waals surface area contributed by atoms with Crippen LogP contribution in [0.3, 0.4) is 0 Å². The third-order valence-electron chi connectivity index (χ3n) is 3.26. The van der Waals surface area contributed by atoms with Crippen LogP contribution in [0.25, 0.3) is 0 Å². The van der Waals surface area contributed by atoms with Gasteiger partial charge in [-0.1, -0.05) is 39.0 Å². The number of nitrogens with zero attached hydrogens (tertiary/aromatic N) is 2. The molecule has 0 aliphatic heterocycles. The number of nitrogens with one attached hydrogen (secondary N) is 1. The molecule has 1 aromatic carbocycles. The molecule has 0 atom stereocenters.